The van der Waals surface area contributed by atoms with Crippen molar-refractivity contribution < 1.29 is 77.6 Å². The maximum Gasteiger partial charge on any atom is 2.00 e. The van der Waals surface area contributed by atoms with Crippen molar-refractivity contribution in [3.63, 3.8) is 0 Å². The molecule has 0 fully saturated rings. The van der Waals surface area contributed by atoms with Crippen LogP contribution in [0.15, 0.2) is 0 Å². The summed E-state index contributed by atoms with van der Waals surface area (Å²) in [5.41, 5.74) is 0. The SMILES string of the molecule is O.O.[Cl-].[Cl-].[Cl-].[Cl-].[Cu+2].[NH4+].[NH4+]. The molecule has 0 amide bonds. The number of rotatable bonds is 0. The predicted molar refractivity (Wildman–Crippen MR) is 19.2 cm³/mol. The molecule has 9 heteroatoms. The smallest absolute Gasteiger partial charge is 1.00 e. The van der Waals surface area contributed by atoms with Crippen molar-refractivity contribution in [1.29, 1.82) is 0 Å². The summed E-state index contributed by atoms with van der Waals surface area (Å²) in [5, 5.41) is 0. The minimum Gasteiger partial charge on any atom is -1.00 e. The average Bonchev–Trinajstić information content (AvgIpc) is 0. The Labute approximate surface area is 89.8 Å². The Kier molecular flexibility index (Phi) is 13700. The van der Waals surface area contributed by atoms with Crippen LogP contribution in [0.4, 0.5) is 0 Å². The molecule has 0 aliphatic heterocycles. The van der Waals surface area contributed by atoms with Crippen LogP contribution in [0.5, 0.6) is 0 Å². The van der Waals surface area contributed by atoms with E-state index in [1.165, 1.54) is 0 Å². The van der Waals surface area contributed by atoms with Crippen molar-refractivity contribution >= 4 is 0 Å². The number of hydrogen-bond acceptors (Lipinski definition) is 0. The summed E-state index contributed by atoms with van der Waals surface area (Å²) in [5.74, 6) is 0. The van der Waals surface area contributed by atoms with E-state index >= 15 is 0 Å². The van der Waals surface area contributed by atoms with Gasteiger partial charge in [0.1, 0.15) is 0 Å². The van der Waals surface area contributed by atoms with E-state index in [1.54, 1.807) is 0 Å². The van der Waals surface area contributed by atoms with E-state index in [9.17, 15) is 0 Å². The third kappa shape index (κ3) is 233. The summed E-state index contributed by atoms with van der Waals surface area (Å²) in [7, 11) is 0. The first-order chi connectivity index (χ1) is 0. The maximum atomic E-state index is 0. The monoisotopic (exact) mass is 275 g/mol. The van der Waals surface area contributed by atoms with Gasteiger partial charge in [-0.2, -0.15) is 0 Å². The second kappa shape index (κ2) is 299. The quantitative estimate of drug-likeness (QED) is 0.407. The van der Waals surface area contributed by atoms with Gasteiger partial charge in [0, 0.05) is 0 Å². The molecule has 0 rings (SSSR count). The van der Waals surface area contributed by atoms with Crippen molar-refractivity contribution in [2.24, 2.45) is 0 Å². The molecule has 1 radical (unpaired) electrons. The predicted octanol–water partition coefficient (Wildman–Crippen LogP) is -12.9. The van der Waals surface area contributed by atoms with E-state index in [1.807, 2.05) is 0 Å². The molecule has 12 N–H and O–H groups in total. The van der Waals surface area contributed by atoms with Crippen LogP contribution in [0.25, 0.3) is 0 Å². The van der Waals surface area contributed by atoms with Gasteiger partial charge >= 0.3 is 17.1 Å². The van der Waals surface area contributed by atoms with Gasteiger partial charge in [0.15, 0.2) is 0 Å². The summed E-state index contributed by atoms with van der Waals surface area (Å²) in [6.07, 6.45) is 0. The Morgan fingerprint density at radius 1 is 0.444 bits per heavy atom. The van der Waals surface area contributed by atoms with E-state index < -0.39 is 0 Å². The third-order valence-electron chi connectivity index (χ3n) is 0. The van der Waals surface area contributed by atoms with Gasteiger partial charge in [-0.3, -0.25) is 0 Å². The molecule has 0 aliphatic carbocycles. The summed E-state index contributed by atoms with van der Waals surface area (Å²) in [6.45, 7) is 0. The van der Waals surface area contributed by atoms with Gasteiger partial charge in [0.25, 0.3) is 0 Å². The zero-order chi connectivity index (χ0) is 0. The maximum absolute atomic E-state index is 0. The molecule has 0 heterocycles. The Balaban J connectivity index is 0. The molecule has 0 unspecified atom stereocenters. The van der Waals surface area contributed by atoms with Crippen molar-refractivity contribution in [2.45, 2.75) is 0 Å². The molecule has 73 valence electrons. The van der Waals surface area contributed by atoms with Crippen LogP contribution in [0.2, 0.25) is 0 Å². The standard InChI is InChI=1S/4ClH.Cu.2H3N.2H2O/h4*1H;;2*1H3;2*1H2/q;;;;+2;;;;/p-2. The van der Waals surface area contributed by atoms with E-state index in [2.05, 4.69) is 0 Å². The topological polar surface area (TPSA) is 136 Å². The molecule has 0 spiro atoms. The summed E-state index contributed by atoms with van der Waals surface area (Å²) in [6, 6.07) is 0. The Hall–Kier alpha value is 1.52. The fourth-order valence-corrected chi connectivity index (χ4v) is 0. The summed E-state index contributed by atoms with van der Waals surface area (Å²) >= 11 is 0. The Morgan fingerprint density at radius 2 is 0.444 bits per heavy atom. The molecule has 0 aromatic carbocycles. The Morgan fingerprint density at radius 3 is 0.444 bits per heavy atom. The summed E-state index contributed by atoms with van der Waals surface area (Å²) < 4.78 is 0. The molecular weight excluding hydrogens is 265 g/mol. The first kappa shape index (κ1) is 413. The van der Waals surface area contributed by atoms with E-state index in [-0.39, 0.29) is 90.0 Å². The zero-order valence-corrected chi connectivity index (χ0v) is 8.78. The second-order valence-electron chi connectivity index (χ2n) is 0. The summed E-state index contributed by atoms with van der Waals surface area (Å²) in [4.78, 5) is 0. The van der Waals surface area contributed by atoms with E-state index in [0.717, 1.165) is 0 Å². The van der Waals surface area contributed by atoms with E-state index in [4.69, 9.17) is 0 Å². The van der Waals surface area contributed by atoms with Crippen LogP contribution in [0.3, 0.4) is 0 Å². The van der Waals surface area contributed by atoms with Gasteiger partial charge in [-0.25, -0.2) is 0 Å². The molecule has 0 saturated heterocycles. The van der Waals surface area contributed by atoms with Crippen LogP contribution in [0.1, 0.15) is 0 Å². The van der Waals surface area contributed by atoms with Gasteiger partial charge < -0.3 is 72.9 Å². The van der Waals surface area contributed by atoms with Crippen molar-refractivity contribution in [2.75, 3.05) is 0 Å². The van der Waals surface area contributed by atoms with Gasteiger partial charge in [0.05, 0.1) is 0 Å². The third-order valence-corrected chi connectivity index (χ3v) is 0. The molecule has 0 saturated carbocycles. The molecular formula is H12Cl4CuN2O2. The number of quaternary nitrogens is 2. The molecule has 0 aromatic rings. The van der Waals surface area contributed by atoms with Crippen LogP contribution in [0, 0.1) is 0 Å². The van der Waals surface area contributed by atoms with Gasteiger partial charge in [-0.05, 0) is 0 Å². The van der Waals surface area contributed by atoms with Crippen molar-refractivity contribution in [3.05, 3.63) is 0 Å². The molecule has 4 nitrogen and oxygen atoms in total. The van der Waals surface area contributed by atoms with Gasteiger partial charge in [-0.1, -0.05) is 0 Å². The minimum atomic E-state index is 0. The minimum absolute atomic E-state index is 0. The fraction of sp³-hybridized carbons (Fsp3) is 0. The first-order valence-corrected chi connectivity index (χ1v) is 0. The largest absolute Gasteiger partial charge is 2.00 e. The molecule has 9 heavy (non-hydrogen) atoms. The second-order valence-corrected chi connectivity index (χ2v) is 0. The normalized spacial score (nSPS) is 0. The number of hydrogen-bond donors (Lipinski definition) is 2. The van der Waals surface area contributed by atoms with Crippen LogP contribution in [-0.2, 0) is 17.1 Å². The van der Waals surface area contributed by atoms with Crippen molar-refractivity contribution in [1.82, 2.24) is 12.3 Å². The Bertz CT molecular complexity index is 16.5. The van der Waals surface area contributed by atoms with Crippen molar-refractivity contribution in [3.8, 4) is 0 Å². The average molecular weight is 277 g/mol. The zero-order valence-electron chi connectivity index (χ0n) is 4.81. The van der Waals surface area contributed by atoms with Gasteiger partial charge in [-0.15, -0.1) is 0 Å². The van der Waals surface area contributed by atoms with E-state index in [0.29, 0.717) is 0 Å². The van der Waals surface area contributed by atoms with Crippen LogP contribution in [-0.4, -0.2) is 11.0 Å². The van der Waals surface area contributed by atoms with Crippen LogP contribution < -0.4 is 61.9 Å². The molecule has 0 atom stereocenters. The van der Waals surface area contributed by atoms with Crippen LogP contribution >= 0.6 is 0 Å². The molecule has 0 bridgehead atoms. The molecule has 0 aromatic heterocycles. The first-order valence-electron chi connectivity index (χ1n) is 0. The molecule has 0 aliphatic rings. The fourth-order valence-electron chi connectivity index (χ4n) is 0. The number of halogens is 4. The van der Waals surface area contributed by atoms with Gasteiger partial charge in [0.2, 0.25) is 0 Å².